The van der Waals surface area contributed by atoms with Gasteiger partial charge in [-0.1, -0.05) is 6.92 Å². The highest BCUT2D eigenvalue weighted by Gasteiger charge is 2.20. The average Bonchev–Trinajstić information content (AvgIpc) is 2.85. The summed E-state index contributed by atoms with van der Waals surface area (Å²) in [6.07, 6.45) is 7.01. The molecule has 1 N–H and O–H groups in total. The third-order valence-electron chi connectivity index (χ3n) is 2.61. The first-order valence-electron chi connectivity index (χ1n) is 5.73. The Morgan fingerprint density at radius 2 is 2.56 bits per heavy atom. The van der Waals surface area contributed by atoms with E-state index >= 15 is 0 Å². The van der Waals surface area contributed by atoms with Crippen LogP contribution in [0.2, 0.25) is 0 Å². The Morgan fingerprint density at radius 3 is 3.19 bits per heavy atom. The Labute approximate surface area is 100 Å². The van der Waals surface area contributed by atoms with Crippen LogP contribution in [-0.2, 0) is 4.74 Å². The highest BCUT2D eigenvalue weighted by Crippen LogP contribution is 2.26. The predicted molar refractivity (Wildman–Crippen MR) is 64.2 cm³/mol. The molecule has 2 rings (SSSR count). The van der Waals surface area contributed by atoms with Gasteiger partial charge in [0.2, 0.25) is 0 Å². The topological polar surface area (TPSA) is 47.0 Å². The molecule has 0 saturated heterocycles. The van der Waals surface area contributed by atoms with E-state index in [2.05, 4.69) is 21.0 Å². The summed E-state index contributed by atoms with van der Waals surface area (Å²) in [5, 5.41) is 3.50. The summed E-state index contributed by atoms with van der Waals surface area (Å²) in [5.74, 6) is 0. The maximum atomic E-state index is 5.39. The van der Waals surface area contributed by atoms with Crippen LogP contribution in [0.5, 0.6) is 0 Å². The van der Waals surface area contributed by atoms with Gasteiger partial charge in [-0.25, -0.2) is 0 Å². The molecule has 0 bridgehead atoms. The minimum Gasteiger partial charge on any atom is -0.501 e. The normalized spacial score (nSPS) is 17.7. The quantitative estimate of drug-likeness (QED) is 0.856. The number of nitrogens with zero attached hydrogens (tertiary/aromatic N) is 2. The zero-order chi connectivity index (χ0) is 11.2. The maximum absolute atomic E-state index is 5.39. The molecule has 5 heteroatoms. The van der Waals surface area contributed by atoms with Crippen molar-refractivity contribution in [1.82, 2.24) is 14.1 Å². The molecule has 0 spiro atoms. The van der Waals surface area contributed by atoms with Gasteiger partial charge in [-0.3, -0.25) is 0 Å². The van der Waals surface area contributed by atoms with E-state index in [9.17, 15) is 0 Å². The molecule has 0 aromatic carbocycles. The Kier molecular flexibility index (Phi) is 4.30. The smallest absolute Gasteiger partial charge is 0.0955 e. The number of aromatic nitrogens is 2. The second kappa shape index (κ2) is 5.96. The fourth-order valence-corrected chi connectivity index (χ4v) is 2.26. The van der Waals surface area contributed by atoms with Crippen LogP contribution in [0.4, 0.5) is 0 Å². The summed E-state index contributed by atoms with van der Waals surface area (Å²) in [7, 11) is 0. The summed E-state index contributed by atoms with van der Waals surface area (Å²) < 4.78 is 13.8. The molecule has 16 heavy (non-hydrogen) atoms. The minimum atomic E-state index is 0.180. The predicted octanol–water partition coefficient (Wildman–Crippen LogP) is 2.27. The Hall–Kier alpha value is -0.940. The van der Waals surface area contributed by atoms with Gasteiger partial charge in [0.25, 0.3) is 0 Å². The van der Waals surface area contributed by atoms with Gasteiger partial charge >= 0.3 is 0 Å². The van der Waals surface area contributed by atoms with E-state index in [4.69, 9.17) is 4.74 Å². The molecular weight excluding hydrogens is 222 g/mol. The van der Waals surface area contributed by atoms with Crippen LogP contribution in [0.1, 0.15) is 37.9 Å². The standard InChI is InChI=1S/C11H17N3OS/c1-2-5-12-11(10-7-13-16-14-10)9-4-3-6-15-8-9/h7-8,11-12H,2-6H2,1H3. The molecule has 1 unspecified atom stereocenters. The number of nitrogens with one attached hydrogen (secondary N) is 1. The first kappa shape index (κ1) is 11.5. The van der Waals surface area contributed by atoms with Crippen LogP contribution in [0, 0.1) is 0 Å². The first-order chi connectivity index (χ1) is 7.92. The lowest BCUT2D eigenvalue weighted by atomic mass is 10.00. The average molecular weight is 239 g/mol. The van der Waals surface area contributed by atoms with E-state index in [-0.39, 0.29) is 6.04 Å². The summed E-state index contributed by atoms with van der Waals surface area (Å²) in [5.41, 5.74) is 2.29. The Morgan fingerprint density at radius 1 is 1.62 bits per heavy atom. The summed E-state index contributed by atoms with van der Waals surface area (Å²) in [4.78, 5) is 0. The number of rotatable bonds is 5. The molecule has 2 heterocycles. The highest BCUT2D eigenvalue weighted by molar-refractivity contribution is 6.99. The molecule has 0 amide bonds. The molecule has 88 valence electrons. The van der Waals surface area contributed by atoms with Crippen molar-refractivity contribution in [3.8, 4) is 0 Å². The van der Waals surface area contributed by atoms with E-state index in [0.717, 1.165) is 38.1 Å². The third kappa shape index (κ3) is 2.80. The zero-order valence-corrected chi connectivity index (χ0v) is 10.3. The lowest BCUT2D eigenvalue weighted by Crippen LogP contribution is -2.25. The Bertz CT molecular complexity index is 337. The van der Waals surface area contributed by atoms with Crippen LogP contribution in [0.3, 0.4) is 0 Å². The molecule has 0 radical (unpaired) electrons. The van der Waals surface area contributed by atoms with Crippen molar-refractivity contribution in [3.63, 3.8) is 0 Å². The van der Waals surface area contributed by atoms with Crippen molar-refractivity contribution in [3.05, 3.63) is 23.7 Å². The lowest BCUT2D eigenvalue weighted by Gasteiger charge is -2.22. The van der Waals surface area contributed by atoms with Gasteiger partial charge in [-0.2, -0.15) is 8.75 Å². The largest absolute Gasteiger partial charge is 0.501 e. The van der Waals surface area contributed by atoms with Crippen molar-refractivity contribution in [2.75, 3.05) is 13.2 Å². The van der Waals surface area contributed by atoms with E-state index in [1.165, 1.54) is 17.3 Å². The van der Waals surface area contributed by atoms with Gasteiger partial charge in [0.15, 0.2) is 0 Å². The second-order valence-electron chi connectivity index (χ2n) is 3.89. The second-order valence-corrected chi connectivity index (χ2v) is 4.44. The van der Waals surface area contributed by atoms with Crippen molar-refractivity contribution < 1.29 is 4.74 Å². The molecule has 1 aromatic heterocycles. The molecule has 1 aliphatic heterocycles. The van der Waals surface area contributed by atoms with Gasteiger partial charge in [-0.15, -0.1) is 0 Å². The van der Waals surface area contributed by atoms with E-state index in [0.29, 0.717) is 0 Å². The highest BCUT2D eigenvalue weighted by atomic mass is 32.1. The molecule has 1 aromatic rings. The molecule has 4 nitrogen and oxygen atoms in total. The molecule has 1 aliphatic rings. The summed E-state index contributed by atoms with van der Waals surface area (Å²) in [6.45, 7) is 3.98. The van der Waals surface area contributed by atoms with Crippen LogP contribution in [0.15, 0.2) is 18.0 Å². The molecule has 0 aliphatic carbocycles. The SMILES string of the molecule is CCCNC(C1=COCCC1)c1cnsn1. The lowest BCUT2D eigenvalue weighted by molar-refractivity contribution is 0.219. The van der Waals surface area contributed by atoms with Gasteiger partial charge < -0.3 is 10.1 Å². The zero-order valence-electron chi connectivity index (χ0n) is 9.48. The van der Waals surface area contributed by atoms with Crippen LogP contribution in [0.25, 0.3) is 0 Å². The van der Waals surface area contributed by atoms with Crippen molar-refractivity contribution >= 4 is 11.7 Å². The minimum absolute atomic E-state index is 0.180. The van der Waals surface area contributed by atoms with Gasteiger partial charge in [0, 0.05) is 0 Å². The first-order valence-corrected chi connectivity index (χ1v) is 6.46. The van der Waals surface area contributed by atoms with Crippen LogP contribution < -0.4 is 5.32 Å². The molecule has 0 fully saturated rings. The maximum Gasteiger partial charge on any atom is 0.0955 e. The summed E-state index contributed by atoms with van der Waals surface area (Å²) >= 11 is 1.26. The monoisotopic (exact) mass is 239 g/mol. The number of hydrogen-bond acceptors (Lipinski definition) is 5. The number of hydrogen-bond donors (Lipinski definition) is 1. The van der Waals surface area contributed by atoms with Gasteiger partial charge in [-0.05, 0) is 31.4 Å². The van der Waals surface area contributed by atoms with E-state index < -0.39 is 0 Å². The molecule has 1 atom stereocenters. The fraction of sp³-hybridized carbons (Fsp3) is 0.636. The fourth-order valence-electron chi connectivity index (χ4n) is 1.81. The molecular formula is C11H17N3OS. The van der Waals surface area contributed by atoms with E-state index in [1.54, 1.807) is 0 Å². The third-order valence-corrected chi connectivity index (χ3v) is 3.10. The van der Waals surface area contributed by atoms with Gasteiger partial charge in [0.05, 0.1) is 42.5 Å². The van der Waals surface area contributed by atoms with E-state index in [1.807, 2.05) is 12.5 Å². The van der Waals surface area contributed by atoms with Crippen LogP contribution >= 0.6 is 11.7 Å². The Balaban J connectivity index is 2.10. The number of ether oxygens (including phenoxy) is 1. The van der Waals surface area contributed by atoms with Crippen molar-refractivity contribution in [1.29, 1.82) is 0 Å². The summed E-state index contributed by atoms with van der Waals surface area (Å²) in [6, 6.07) is 0.180. The van der Waals surface area contributed by atoms with Gasteiger partial charge in [0.1, 0.15) is 0 Å². The van der Waals surface area contributed by atoms with Crippen molar-refractivity contribution in [2.45, 2.75) is 32.2 Å². The van der Waals surface area contributed by atoms with Crippen molar-refractivity contribution in [2.24, 2.45) is 0 Å². The molecule has 0 saturated carbocycles. The van der Waals surface area contributed by atoms with Crippen LogP contribution in [-0.4, -0.2) is 21.9 Å².